The number of para-hydroxylation sites is 1. The summed E-state index contributed by atoms with van der Waals surface area (Å²) in [5.41, 5.74) is 2.00. The number of esters is 1. The molecule has 2 rings (SSSR count). The van der Waals surface area contributed by atoms with Gasteiger partial charge in [-0.05, 0) is 36.2 Å². The molecule has 0 spiro atoms. The molecule has 4 heteroatoms. The molecule has 0 aliphatic rings. The Morgan fingerprint density at radius 3 is 2.48 bits per heavy atom. The minimum absolute atomic E-state index is 0.181. The summed E-state index contributed by atoms with van der Waals surface area (Å²) in [6.07, 6.45) is 1.15. The molecule has 0 saturated carbocycles. The molecule has 0 atom stereocenters. The molecule has 21 heavy (non-hydrogen) atoms. The van der Waals surface area contributed by atoms with Gasteiger partial charge in [0.05, 0.1) is 0 Å². The second-order valence-corrected chi connectivity index (χ2v) is 5.12. The van der Waals surface area contributed by atoms with Crippen molar-refractivity contribution in [1.29, 1.82) is 0 Å². The fraction of sp³-hybridized carbons (Fsp3) is 0.235. The SMILES string of the molecule is O=C(CCCNc1ccccc1)OCc1ccc(Cl)cc1. The van der Waals surface area contributed by atoms with E-state index in [1.54, 1.807) is 12.1 Å². The van der Waals surface area contributed by atoms with E-state index in [1.165, 1.54) is 0 Å². The van der Waals surface area contributed by atoms with Gasteiger partial charge in [-0.25, -0.2) is 0 Å². The number of anilines is 1. The van der Waals surface area contributed by atoms with Gasteiger partial charge < -0.3 is 10.1 Å². The quantitative estimate of drug-likeness (QED) is 0.613. The van der Waals surface area contributed by atoms with Gasteiger partial charge in [-0.2, -0.15) is 0 Å². The first kappa shape index (κ1) is 15.4. The summed E-state index contributed by atoms with van der Waals surface area (Å²) in [6.45, 7) is 1.04. The van der Waals surface area contributed by atoms with E-state index in [9.17, 15) is 4.79 Å². The van der Waals surface area contributed by atoms with E-state index in [1.807, 2.05) is 42.5 Å². The van der Waals surface area contributed by atoms with Crippen LogP contribution in [0.2, 0.25) is 5.02 Å². The fourth-order valence-electron chi connectivity index (χ4n) is 1.84. The Morgan fingerprint density at radius 1 is 1.05 bits per heavy atom. The minimum Gasteiger partial charge on any atom is -0.461 e. The Balaban J connectivity index is 1.60. The third-order valence-electron chi connectivity index (χ3n) is 2.97. The molecule has 0 radical (unpaired) electrons. The van der Waals surface area contributed by atoms with E-state index in [0.29, 0.717) is 18.1 Å². The van der Waals surface area contributed by atoms with Crippen molar-refractivity contribution in [2.45, 2.75) is 19.4 Å². The molecule has 0 aliphatic carbocycles. The van der Waals surface area contributed by atoms with E-state index < -0.39 is 0 Å². The summed E-state index contributed by atoms with van der Waals surface area (Å²) in [5.74, 6) is -0.181. The van der Waals surface area contributed by atoms with Crippen molar-refractivity contribution < 1.29 is 9.53 Å². The van der Waals surface area contributed by atoms with Gasteiger partial charge in [0.25, 0.3) is 0 Å². The van der Waals surface area contributed by atoms with Gasteiger partial charge in [0.2, 0.25) is 0 Å². The first-order valence-electron chi connectivity index (χ1n) is 6.93. The Hall–Kier alpha value is -2.00. The van der Waals surface area contributed by atoms with Crippen LogP contribution < -0.4 is 5.32 Å². The number of rotatable bonds is 7. The summed E-state index contributed by atoms with van der Waals surface area (Å²) in [5, 5.41) is 3.94. The second-order valence-electron chi connectivity index (χ2n) is 4.68. The number of ether oxygens (including phenoxy) is 1. The van der Waals surface area contributed by atoms with Gasteiger partial charge in [-0.1, -0.05) is 41.9 Å². The molecule has 0 aromatic heterocycles. The van der Waals surface area contributed by atoms with E-state index >= 15 is 0 Å². The molecule has 0 unspecified atom stereocenters. The predicted octanol–water partition coefficient (Wildman–Crippen LogP) is 4.28. The summed E-state index contributed by atoms with van der Waals surface area (Å²) in [6, 6.07) is 17.2. The number of hydrogen-bond acceptors (Lipinski definition) is 3. The summed E-state index contributed by atoms with van der Waals surface area (Å²) in [4.78, 5) is 11.6. The highest BCUT2D eigenvalue weighted by molar-refractivity contribution is 6.30. The average Bonchev–Trinajstić information content (AvgIpc) is 2.52. The standard InChI is InChI=1S/C17H18ClNO2/c18-15-10-8-14(9-11-15)13-21-17(20)7-4-12-19-16-5-2-1-3-6-16/h1-3,5-6,8-11,19H,4,7,12-13H2. The molecule has 0 amide bonds. The number of hydrogen-bond donors (Lipinski definition) is 1. The van der Waals surface area contributed by atoms with Crippen LogP contribution >= 0.6 is 11.6 Å². The Morgan fingerprint density at radius 2 is 1.76 bits per heavy atom. The lowest BCUT2D eigenvalue weighted by Crippen LogP contribution is -2.08. The van der Waals surface area contributed by atoms with Gasteiger partial charge >= 0.3 is 5.97 Å². The van der Waals surface area contributed by atoms with Crippen LogP contribution in [0.3, 0.4) is 0 Å². The highest BCUT2D eigenvalue weighted by atomic mass is 35.5. The zero-order valence-electron chi connectivity index (χ0n) is 11.7. The number of nitrogens with one attached hydrogen (secondary N) is 1. The topological polar surface area (TPSA) is 38.3 Å². The van der Waals surface area contributed by atoms with Crippen molar-refractivity contribution in [2.24, 2.45) is 0 Å². The minimum atomic E-state index is -0.181. The summed E-state index contributed by atoms with van der Waals surface area (Å²) in [7, 11) is 0. The molecule has 0 aliphatic heterocycles. The zero-order valence-corrected chi connectivity index (χ0v) is 12.5. The highest BCUT2D eigenvalue weighted by Gasteiger charge is 2.03. The van der Waals surface area contributed by atoms with Crippen LogP contribution in [0.4, 0.5) is 5.69 Å². The van der Waals surface area contributed by atoms with E-state index in [-0.39, 0.29) is 5.97 Å². The van der Waals surface area contributed by atoms with Gasteiger partial charge in [0, 0.05) is 23.7 Å². The first-order valence-corrected chi connectivity index (χ1v) is 7.31. The predicted molar refractivity (Wildman–Crippen MR) is 85.4 cm³/mol. The van der Waals surface area contributed by atoms with Crippen LogP contribution in [0.25, 0.3) is 0 Å². The molecule has 0 heterocycles. The van der Waals surface area contributed by atoms with E-state index in [2.05, 4.69) is 5.32 Å². The second kappa shape index (κ2) is 8.32. The van der Waals surface area contributed by atoms with Gasteiger partial charge in [-0.15, -0.1) is 0 Å². The van der Waals surface area contributed by atoms with Crippen molar-refractivity contribution in [3.63, 3.8) is 0 Å². The fourth-order valence-corrected chi connectivity index (χ4v) is 1.96. The Labute approximate surface area is 129 Å². The molecular formula is C17H18ClNO2. The van der Waals surface area contributed by atoms with Crippen molar-refractivity contribution in [1.82, 2.24) is 0 Å². The number of carbonyl (C=O) groups excluding carboxylic acids is 1. The lowest BCUT2D eigenvalue weighted by Gasteiger charge is -2.07. The number of halogens is 1. The highest BCUT2D eigenvalue weighted by Crippen LogP contribution is 2.11. The smallest absolute Gasteiger partial charge is 0.306 e. The molecule has 0 saturated heterocycles. The maximum absolute atomic E-state index is 11.6. The van der Waals surface area contributed by atoms with Crippen molar-refractivity contribution in [3.05, 3.63) is 65.2 Å². The van der Waals surface area contributed by atoms with Crippen LogP contribution in [0.1, 0.15) is 18.4 Å². The normalized spacial score (nSPS) is 10.1. The van der Waals surface area contributed by atoms with Crippen molar-refractivity contribution in [2.75, 3.05) is 11.9 Å². The van der Waals surface area contributed by atoms with Crippen LogP contribution in [-0.4, -0.2) is 12.5 Å². The first-order chi connectivity index (χ1) is 10.2. The number of carbonyl (C=O) groups is 1. The average molecular weight is 304 g/mol. The van der Waals surface area contributed by atoms with Crippen molar-refractivity contribution >= 4 is 23.3 Å². The molecule has 1 N–H and O–H groups in total. The summed E-state index contributed by atoms with van der Waals surface area (Å²) >= 11 is 5.79. The molecule has 2 aromatic carbocycles. The molecule has 3 nitrogen and oxygen atoms in total. The Kier molecular flexibility index (Phi) is 6.10. The third kappa shape index (κ3) is 5.88. The lowest BCUT2D eigenvalue weighted by molar-refractivity contribution is -0.145. The zero-order chi connectivity index (χ0) is 14.9. The van der Waals surface area contributed by atoms with E-state index in [0.717, 1.165) is 24.2 Å². The molecule has 110 valence electrons. The van der Waals surface area contributed by atoms with Crippen LogP contribution in [-0.2, 0) is 16.1 Å². The number of benzene rings is 2. The van der Waals surface area contributed by atoms with E-state index in [4.69, 9.17) is 16.3 Å². The largest absolute Gasteiger partial charge is 0.461 e. The van der Waals surface area contributed by atoms with Crippen LogP contribution in [0, 0.1) is 0 Å². The monoisotopic (exact) mass is 303 g/mol. The Bertz CT molecular complexity index is 555. The van der Waals surface area contributed by atoms with Crippen molar-refractivity contribution in [3.8, 4) is 0 Å². The molecule has 0 bridgehead atoms. The maximum atomic E-state index is 11.6. The summed E-state index contributed by atoms with van der Waals surface area (Å²) < 4.78 is 5.21. The van der Waals surface area contributed by atoms with Gasteiger partial charge in [-0.3, -0.25) is 4.79 Å². The van der Waals surface area contributed by atoms with Gasteiger partial charge in [0.15, 0.2) is 0 Å². The molecule has 0 fully saturated rings. The van der Waals surface area contributed by atoms with Crippen LogP contribution in [0.5, 0.6) is 0 Å². The van der Waals surface area contributed by atoms with Gasteiger partial charge in [0.1, 0.15) is 6.61 Å². The third-order valence-corrected chi connectivity index (χ3v) is 3.23. The molecule has 2 aromatic rings. The van der Waals surface area contributed by atoms with Crippen LogP contribution in [0.15, 0.2) is 54.6 Å². The lowest BCUT2D eigenvalue weighted by atomic mass is 10.2. The maximum Gasteiger partial charge on any atom is 0.306 e. The molecular weight excluding hydrogens is 286 g/mol.